The molecular formula is C18H23N3OSi. The lowest BCUT2D eigenvalue weighted by molar-refractivity contribution is 0.0934. The SMILES string of the molecule is CC(OCc1nc2ccc(-c3ccncc3)cc2[nH]1)[Si](C)(C)C. The number of pyridine rings is 1. The van der Waals surface area contributed by atoms with Crippen LogP contribution >= 0.6 is 0 Å². The molecule has 2 heterocycles. The quantitative estimate of drug-likeness (QED) is 0.707. The van der Waals surface area contributed by atoms with E-state index in [4.69, 9.17) is 4.74 Å². The van der Waals surface area contributed by atoms with Crippen LogP contribution in [0.4, 0.5) is 0 Å². The van der Waals surface area contributed by atoms with Crippen molar-refractivity contribution in [3.05, 3.63) is 48.5 Å². The molecule has 0 saturated heterocycles. The molecule has 3 rings (SSSR count). The van der Waals surface area contributed by atoms with Crippen LogP contribution in [0.5, 0.6) is 0 Å². The van der Waals surface area contributed by atoms with Crippen molar-refractivity contribution >= 4 is 19.1 Å². The normalized spacial score (nSPS) is 13.4. The number of hydrogen-bond donors (Lipinski definition) is 1. The van der Waals surface area contributed by atoms with Gasteiger partial charge in [-0.3, -0.25) is 4.98 Å². The minimum Gasteiger partial charge on any atom is -0.374 e. The van der Waals surface area contributed by atoms with Gasteiger partial charge in [-0.05, 0) is 42.3 Å². The van der Waals surface area contributed by atoms with Crippen molar-refractivity contribution in [1.82, 2.24) is 15.0 Å². The zero-order valence-electron chi connectivity index (χ0n) is 14.1. The van der Waals surface area contributed by atoms with Gasteiger partial charge in [-0.15, -0.1) is 0 Å². The topological polar surface area (TPSA) is 50.8 Å². The summed E-state index contributed by atoms with van der Waals surface area (Å²) < 4.78 is 6.00. The number of nitrogens with one attached hydrogen (secondary N) is 1. The van der Waals surface area contributed by atoms with Crippen LogP contribution < -0.4 is 0 Å². The molecule has 0 fully saturated rings. The molecule has 1 aromatic carbocycles. The molecule has 0 aliphatic carbocycles. The van der Waals surface area contributed by atoms with Crippen LogP contribution in [0.2, 0.25) is 19.6 Å². The summed E-state index contributed by atoms with van der Waals surface area (Å²) in [7, 11) is -1.28. The van der Waals surface area contributed by atoms with Crippen LogP contribution in [0.15, 0.2) is 42.7 Å². The highest BCUT2D eigenvalue weighted by molar-refractivity contribution is 6.77. The second-order valence-corrected chi connectivity index (χ2v) is 12.5. The Morgan fingerprint density at radius 3 is 2.52 bits per heavy atom. The van der Waals surface area contributed by atoms with Crippen molar-refractivity contribution < 1.29 is 4.74 Å². The summed E-state index contributed by atoms with van der Waals surface area (Å²) in [5, 5.41) is 0. The maximum atomic E-state index is 6.00. The summed E-state index contributed by atoms with van der Waals surface area (Å²) in [5.41, 5.74) is 4.64. The van der Waals surface area contributed by atoms with Gasteiger partial charge >= 0.3 is 0 Å². The Labute approximate surface area is 138 Å². The number of imidazole rings is 1. The molecule has 0 spiro atoms. The van der Waals surface area contributed by atoms with Crippen LogP contribution in [-0.2, 0) is 11.3 Å². The summed E-state index contributed by atoms with van der Waals surface area (Å²) in [5.74, 6) is 0.886. The molecule has 1 atom stereocenters. The molecule has 4 nitrogen and oxygen atoms in total. The third-order valence-corrected chi connectivity index (χ3v) is 6.84. The zero-order valence-corrected chi connectivity index (χ0v) is 15.1. The molecule has 23 heavy (non-hydrogen) atoms. The average molecular weight is 325 g/mol. The molecule has 0 amide bonds. The molecule has 3 aromatic rings. The molecular weight excluding hydrogens is 302 g/mol. The standard InChI is InChI=1S/C18H23N3OSi/c1-13(23(2,3)4)22-12-18-20-16-6-5-15(11-17(16)21-18)14-7-9-19-10-8-14/h5-11,13H,12H2,1-4H3,(H,20,21). The van der Waals surface area contributed by atoms with Gasteiger partial charge in [-0.2, -0.15) is 0 Å². The molecule has 0 saturated carbocycles. The van der Waals surface area contributed by atoms with Gasteiger partial charge in [0.05, 0.1) is 19.1 Å². The van der Waals surface area contributed by atoms with E-state index < -0.39 is 8.07 Å². The molecule has 1 unspecified atom stereocenters. The van der Waals surface area contributed by atoms with E-state index in [0.29, 0.717) is 12.3 Å². The number of aromatic nitrogens is 3. The predicted octanol–water partition coefficient (Wildman–Crippen LogP) is 4.41. The zero-order chi connectivity index (χ0) is 16.4. The van der Waals surface area contributed by atoms with Crippen LogP contribution in [0.25, 0.3) is 22.2 Å². The Bertz CT molecular complexity index is 793. The van der Waals surface area contributed by atoms with E-state index in [1.807, 2.05) is 30.6 Å². The van der Waals surface area contributed by atoms with Crippen molar-refractivity contribution in [3.8, 4) is 11.1 Å². The van der Waals surface area contributed by atoms with E-state index in [9.17, 15) is 0 Å². The van der Waals surface area contributed by atoms with Crippen LogP contribution in [0.3, 0.4) is 0 Å². The van der Waals surface area contributed by atoms with Gasteiger partial charge in [0, 0.05) is 18.1 Å². The first-order chi connectivity index (χ1) is 10.9. The highest BCUT2D eigenvalue weighted by Crippen LogP contribution is 2.23. The summed E-state index contributed by atoms with van der Waals surface area (Å²) in [4.78, 5) is 12.1. The third-order valence-electron chi connectivity index (χ3n) is 4.23. The maximum Gasteiger partial charge on any atom is 0.133 e. The number of nitrogens with zero attached hydrogens (tertiary/aromatic N) is 2. The first-order valence-electron chi connectivity index (χ1n) is 7.94. The van der Waals surface area contributed by atoms with Gasteiger partial charge in [-0.1, -0.05) is 25.7 Å². The number of fused-ring (bicyclic) bond motifs is 1. The van der Waals surface area contributed by atoms with Gasteiger partial charge in [0.15, 0.2) is 0 Å². The molecule has 5 heteroatoms. The minimum atomic E-state index is -1.28. The van der Waals surface area contributed by atoms with Crippen LogP contribution in [-0.4, -0.2) is 28.8 Å². The van der Waals surface area contributed by atoms with Gasteiger partial charge in [0.1, 0.15) is 12.4 Å². The summed E-state index contributed by atoms with van der Waals surface area (Å²) >= 11 is 0. The monoisotopic (exact) mass is 325 g/mol. The first-order valence-corrected chi connectivity index (χ1v) is 11.5. The lowest BCUT2D eigenvalue weighted by atomic mass is 10.1. The van der Waals surface area contributed by atoms with E-state index in [2.05, 4.69) is 53.6 Å². The number of hydrogen-bond acceptors (Lipinski definition) is 3. The lowest BCUT2D eigenvalue weighted by Crippen LogP contribution is -2.37. The number of rotatable bonds is 5. The molecule has 0 radical (unpaired) electrons. The molecule has 120 valence electrons. The number of benzene rings is 1. The second kappa shape index (κ2) is 6.26. The van der Waals surface area contributed by atoms with Gasteiger partial charge < -0.3 is 9.72 Å². The molecule has 0 bridgehead atoms. The Kier molecular flexibility index (Phi) is 4.32. The summed E-state index contributed by atoms with van der Waals surface area (Å²) in [6, 6.07) is 10.3. The predicted molar refractivity (Wildman–Crippen MR) is 96.9 cm³/mol. The molecule has 0 aliphatic heterocycles. The molecule has 0 aliphatic rings. The van der Waals surface area contributed by atoms with Crippen LogP contribution in [0, 0.1) is 0 Å². The molecule has 1 N–H and O–H groups in total. The number of ether oxygens (including phenoxy) is 1. The Morgan fingerprint density at radius 1 is 1.09 bits per heavy atom. The van der Waals surface area contributed by atoms with Crippen molar-refractivity contribution in [2.75, 3.05) is 0 Å². The van der Waals surface area contributed by atoms with Crippen molar-refractivity contribution in [1.29, 1.82) is 0 Å². The van der Waals surface area contributed by atoms with E-state index in [-0.39, 0.29) is 0 Å². The molecule has 2 aromatic heterocycles. The smallest absolute Gasteiger partial charge is 0.133 e. The fourth-order valence-electron chi connectivity index (χ4n) is 2.31. The number of H-pyrrole nitrogens is 1. The van der Waals surface area contributed by atoms with Crippen molar-refractivity contribution in [3.63, 3.8) is 0 Å². The minimum absolute atomic E-state index is 0.308. The van der Waals surface area contributed by atoms with Gasteiger partial charge in [0.25, 0.3) is 0 Å². The van der Waals surface area contributed by atoms with E-state index in [0.717, 1.165) is 28.0 Å². The van der Waals surface area contributed by atoms with E-state index in [1.165, 1.54) is 0 Å². The largest absolute Gasteiger partial charge is 0.374 e. The number of aromatic amines is 1. The summed E-state index contributed by atoms with van der Waals surface area (Å²) in [6.45, 7) is 9.65. The highest BCUT2D eigenvalue weighted by atomic mass is 28.3. The van der Waals surface area contributed by atoms with Crippen molar-refractivity contribution in [2.45, 2.75) is 38.9 Å². The third kappa shape index (κ3) is 3.68. The fraction of sp³-hybridized carbons (Fsp3) is 0.333. The maximum absolute atomic E-state index is 6.00. The second-order valence-electron chi connectivity index (χ2n) is 6.97. The summed E-state index contributed by atoms with van der Waals surface area (Å²) in [6.07, 6.45) is 3.62. The first kappa shape index (κ1) is 15.9. The van der Waals surface area contributed by atoms with Crippen molar-refractivity contribution in [2.24, 2.45) is 0 Å². The van der Waals surface area contributed by atoms with E-state index >= 15 is 0 Å². The Morgan fingerprint density at radius 2 is 1.83 bits per heavy atom. The van der Waals surface area contributed by atoms with Gasteiger partial charge in [0.2, 0.25) is 0 Å². The van der Waals surface area contributed by atoms with E-state index in [1.54, 1.807) is 0 Å². The Balaban J connectivity index is 1.80. The fourth-order valence-corrected chi connectivity index (χ4v) is 2.89. The highest BCUT2D eigenvalue weighted by Gasteiger charge is 2.23. The average Bonchev–Trinajstić information content (AvgIpc) is 2.94. The van der Waals surface area contributed by atoms with Crippen LogP contribution in [0.1, 0.15) is 12.7 Å². The lowest BCUT2D eigenvalue weighted by Gasteiger charge is -2.24. The Hall–Kier alpha value is -1.98. The van der Waals surface area contributed by atoms with Gasteiger partial charge in [-0.25, -0.2) is 4.98 Å².